The van der Waals surface area contributed by atoms with Crippen molar-refractivity contribution in [3.63, 3.8) is 0 Å². The number of nitrogens with zero attached hydrogens (tertiary/aromatic N) is 2. The molecule has 0 fully saturated rings. The average molecular weight is 373 g/mol. The summed E-state index contributed by atoms with van der Waals surface area (Å²) in [6, 6.07) is 12.4. The van der Waals surface area contributed by atoms with Crippen LogP contribution in [0.2, 0.25) is 5.02 Å². The number of H-pyrrole nitrogens is 1. The highest BCUT2D eigenvalue weighted by molar-refractivity contribution is 6.31. The summed E-state index contributed by atoms with van der Waals surface area (Å²) in [7, 11) is 1.45. The molecule has 0 atom stereocenters. The lowest BCUT2D eigenvalue weighted by Crippen LogP contribution is -2.13. The Balaban J connectivity index is 1.83. The zero-order chi connectivity index (χ0) is 18.7. The summed E-state index contributed by atoms with van der Waals surface area (Å²) in [5.41, 5.74) is 1.33. The molecule has 3 rings (SSSR count). The van der Waals surface area contributed by atoms with Crippen LogP contribution in [0, 0.1) is 10.1 Å². The number of aromatic nitrogens is 2. The second-order valence-corrected chi connectivity index (χ2v) is 5.71. The van der Waals surface area contributed by atoms with Gasteiger partial charge >= 0.3 is 0 Å². The molecule has 0 aliphatic heterocycles. The van der Waals surface area contributed by atoms with Gasteiger partial charge in [-0.05, 0) is 18.2 Å². The number of methoxy groups -OCH3 is 1. The first-order chi connectivity index (χ1) is 12.5. The molecular formula is C17H13ClN4O4. The predicted molar refractivity (Wildman–Crippen MR) is 96.6 cm³/mol. The Hall–Kier alpha value is -3.39. The van der Waals surface area contributed by atoms with Crippen molar-refractivity contribution in [2.24, 2.45) is 0 Å². The summed E-state index contributed by atoms with van der Waals surface area (Å²) < 4.78 is 5.16. The first-order valence-corrected chi connectivity index (χ1v) is 7.81. The Morgan fingerprint density at radius 2 is 2.08 bits per heavy atom. The molecule has 0 aliphatic carbocycles. The first-order valence-electron chi connectivity index (χ1n) is 7.43. The number of nitro benzene ring substituents is 1. The minimum absolute atomic E-state index is 0.0358. The number of hydrogen-bond acceptors (Lipinski definition) is 5. The van der Waals surface area contributed by atoms with Crippen LogP contribution in [0.4, 0.5) is 11.5 Å². The third-order valence-corrected chi connectivity index (χ3v) is 3.83. The van der Waals surface area contributed by atoms with Crippen LogP contribution < -0.4 is 10.1 Å². The molecule has 2 aromatic carbocycles. The number of nitrogens with one attached hydrogen (secondary N) is 2. The second-order valence-electron chi connectivity index (χ2n) is 5.27. The summed E-state index contributed by atoms with van der Waals surface area (Å²) in [5.74, 6) is 0.196. The van der Waals surface area contributed by atoms with Gasteiger partial charge in [0, 0.05) is 28.8 Å². The highest BCUT2D eigenvalue weighted by atomic mass is 35.5. The van der Waals surface area contributed by atoms with Crippen molar-refractivity contribution in [3.05, 3.63) is 69.2 Å². The van der Waals surface area contributed by atoms with Gasteiger partial charge in [-0.15, -0.1) is 0 Å². The Morgan fingerprint density at radius 1 is 1.27 bits per heavy atom. The second kappa shape index (κ2) is 7.24. The van der Waals surface area contributed by atoms with Crippen LogP contribution in [-0.2, 0) is 0 Å². The number of nitro groups is 1. The zero-order valence-electron chi connectivity index (χ0n) is 13.5. The summed E-state index contributed by atoms with van der Waals surface area (Å²) in [6.07, 6.45) is 0. The molecule has 0 aliphatic rings. The fourth-order valence-corrected chi connectivity index (χ4v) is 2.53. The third-order valence-electron chi connectivity index (χ3n) is 3.59. The van der Waals surface area contributed by atoms with E-state index in [1.807, 2.05) is 0 Å². The lowest BCUT2D eigenvalue weighted by molar-refractivity contribution is -0.384. The van der Waals surface area contributed by atoms with Crippen molar-refractivity contribution in [1.82, 2.24) is 10.2 Å². The quantitative estimate of drug-likeness (QED) is 0.521. The smallest absolute Gasteiger partial charge is 0.270 e. The third kappa shape index (κ3) is 3.65. The molecule has 0 saturated heterocycles. The lowest BCUT2D eigenvalue weighted by atomic mass is 10.1. The van der Waals surface area contributed by atoms with Gasteiger partial charge in [-0.2, -0.15) is 5.10 Å². The van der Waals surface area contributed by atoms with Crippen LogP contribution in [0.3, 0.4) is 0 Å². The minimum atomic E-state index is -0.478. The van der Waals surface area contributed by atoms with Gasteiger partial charge in [0.25, 0.3) is 11.6 Å². The summed E-state index contributed by atoms with van der Waals surface area (Å²) >= 11 is 5.93. The molecule has 0 radical (unpaired) electrons. The molecule has 3 aromatic rings. The first kappa shape index (κ1) is 17.4. The number of anilines is 1. The molecule has 0 spiro atoms. The molecule has 1 aromatic heterocycles. The normalized spacial score (nSPS) is 10.4. The predicted octanol–water partition coefficient (Wildman–Crippen LogP) is 3.90. The van der Waals surface area contributed by atoms with E-state index in [0.29, 0.717) is 22.0 Å². The maximum atomic E-state index is 12.4. The number of rotatable bonds is 5. The van der Waals surface area contributed by atoms with E-state index in [4.69, 9.17) is 16.3 Å². The van der Waals surface area contributed by atoms with Crippen molar-refractivity contribution < 1.29 is 14.5 Å². The van der Waals surface area contributed by atoms with Crippen molar-refractivity contribution >= 4 is 29.0 Å². The number of ether oxygens (including phenoxy) is 1. The van der Waals surface area contributed by atoms with Crippen molar-refractivity contribution in [1.29, 1.82) is 0 Å². The number of carbonyl (C=O) groups is 1. The monoisotopic (exact) mass is 372 g/mol. The molecular weight excluding hydrogens is 360 g/mol. The van der Waals surface area contributed by atoms with Gasteiger partial charge < -0.3 is 10.1 Å². The van der Waals surface area contributed by atoms with Crippen molar-refractivity contribution in [2.75, 3.05) is 12.4 Å². The minimum Gasteiger partial charge on any atom is -0.496 e. The number of benzene rings is 2. The standard InChI is InChI=1S/C17H13ClN4O4/c1-26-15-6-5-11(18)8-13(15)17(23)19-16-9-14(20-21-16)10-3-2-4-12(7-10)22(24)25/h2-9H,1H3,(H2,19,20,21,23). The van der Waals surface area contributed by atoms with Gasteiger partial charge in [0.1, 0.15) is 5.75 Å². The molecule has 9 heteroatoms. The molecule has 1 amide bonds. The molecule has 0 saturated carbocycles. The number of aromatic amines is 1. The van der Waals surface area contributed by atoms with E-state index in [1.165, 1.54) is 25.3 Å². The maximum absolute atomic E-state index is 12.4. The van der Waals surface area contributed by atoms with Crippen LogP contribution in [0.5, 0.6) is 5.75 Å². The average Bonchev–Trinajstić information content (AvgIpc) is 3.10. The Kier molecular flexibility index (Phi) is 4.85. The van der Waals surface area contributed by atoms with Crippen LogP contribution >= 0.6 is 11.6 Å². The molecule has 132 valence electrons. The topological polar surface area (TPSA) is 110 Å². The van der Waals surface area contributed by atoms with Crippen LogP contribution in [0.15, 0.2) is 48.5 Å². The molecule has 8 nitrogen and oxygen atoms in total. The van der Waals surface area contributed by atoms with E-state index in [2.05, 4.69) is 15.5 Å². The number of halogens is 1. The summed E-state index contributed by atoms with van der Waals surface area (Å²) in [5, 5.41) is 20.7. The van der Waals surface area contributed by atoms with Gasteiger partial charge in [0.15, 0.2) is 5.82 Å². The molecule has 26 heavy (non-hydrogen) atoms. The molecule has 1 heterocycles. The van der Waals surface area contributed by atoms with E-state index in [9.17, 15) is 14.9 Å². The Morgan fingerprint density at radius 3 is 2.81 bits per heavy atom. The molecule has 0 bridgehead atoms. The summed E-state index contributed by atoms with van der Waals surface area (Å²) in [4.78, 5) is 22.8. The lowest BCUT2D eigenvalue weighted by Gasteiger charge is -2.08. The number of carbonyl (C=O) groups excluding carboxylic acids is 1. The Labute approximate surface area is 152 Å². The zero-order valence-corrected chi connectivity index (χ0v) is 14.3. The summed E-state index contributed by atoms with van der Waals surface area (Å²) in [6.45, 7) is 0. The largest absolute Gasteiger partial charge is 0.496 e. The number of non-ortho nitro benzene ring substituents is 1. The van der Waals surface area contributed by atoms with Crippen LogP contribution in [-0.4, -0.2) is 28.1 Å². The van der Waals surface area contributed by atoms with E-state index >= 15 is 0 Å². The number of hydrogen-bond donors (Lipinski definition) is 2. The van der Waals surface area contributed by atoms with Gasteiger partial charge in [-0.25, -0.2) is 0 Å². The van der Waals surface area contributed by atoms with Gasteiger partial charge in [-0.1, -0.05) is 23.7 Å². The SMILES string of the molecule is COc1ccc(Cl)cc1C(=O)Nc1cc(-c2cccc([N+](=O)[O-])c2)[nH]n1. The van der Waals surface area contributed by atoms with E-state index in [0.717, 1.165) is 0 Å². The highest BCUT2D eigenvalue weighted by Crippen LogP contribution is 2.26. The van der Waals surface area contributed by atoms with Crippen molar-refractivity contribution in [2.45, 2.75) is 0 Å². The van der Waals surface area contributed by atoms with Crippen LogP contribution in [0.25, 0.3) is 11.3 Å². The van der Waals surface area contributed by atoms with Crippen LogP contribution in [0.1, 0.15) is 10.4 Å². The fourth-order valence-electron chi connectivity index (χ4n) is 2.36. The van der Waals surface area contributed by atoms with Gasteiger partial charge in [-0.3, -0.25) is 20.0 Å². The van der Waals surface area contributed by atoms with E-state index in [-0.39, 0.29) is 17.1 Å². The van der Waals surface area contributed by atoms with E-state index < -0.39 is 10.8 Å². The maximum Gasteiger partial charge on any atom is 0.270 e. The van der Waals surface area contributed by atoms with Gasteiger partial charge in [0.05, 0.1) is 23.3 Å². The number of amides is 1. The Bertz CT molecular complexity index is 986. The van der Waals surface area contributed by atoms with Gasteiger partial charge in [0.2, 0.25) is 0 Å². The fraction of sp³-hybridized carbons (Fsp3) is 0.0588. The highest BCUT2D eigenvalue weighted by Gasteiger charge is 2.15. The van der Waals surface area contributed by atoms with Crippen molar-refractivity contribution in [3.8, 4) is 17.0 Å². The van der Waals surface area contributed by atoms with E-state index in [1.54, 1.807) is 30.3 Å². The molecule has 0 unspecified atom stereocenters. The molecule has 2 N–H and O–H groups in total.